The van der Waals surface area contributed by atoms with Crippen molar-refractivity contribution in [2.75, 3.05) is 20.7 Å². The Balaban J connectivity index is 1.63. The van der Waals surface area contributed by atoms with Crippen LogP contribution in [0.2, 0.25) is 0 Å². The summed E-state index contributed by atoms with van der Waals surface area (Å²) in [5, 5.41) is 0. The van der Waals surface area contributed by atoms with Crippen LogP contribution in [0, 0.1) is 0 Å². The third-order valence-corrected chi connectivity index (χ3v) is 5.31. The number of hydrogen-bond donors (Lipinski definition) is 0. The molecule has 3 rings (SSSR count). The highest BCUT2D eigenvalue weighted by molar-refractivity contribution is 8.03. The molecule has 3 heteroatoms. The molecule has 0 N–H and O–H groups in total. The van der Waals surface area contributed by atoms with Crippen molar-refractivity contribution in [3.8, 4) is 0 Å². The molecule has 0 radical (unpaired) electrons. The minimum Gasteiger partial charge on any atom is -0.493 e. The average molecular weight is 389 g/mol. The Kier molecular flexibility index (Phi) is 7.10. The van der Waals surface area contributed by atoms with Gasteiger partial charge in [-0.1, -0.05) is 60.3 Å². The van der Waals surface area contributed by atoms with Crippen molar-refractivity contribution in [1.29, 1.82) is 0 Å². The molecule has 0 amide bonds. The molecule has 2 nitrogen and oxygen atoms in total. The van der Waals surface area contributed by atoms with Gasteiger partial charge in [0.25, 0.3) is 0 Å². The molecule has 0 unspecified atom stereocenters. The number of nitrogens with zero attached hydrogens (tertiary/aromatic N) is 1. The molecule has 28 heavy (non-hydrogen) atoms. The van der Waals surface area contributed by atoms with Crippen molar-refractivity contribution in [2.45, 2.75) is 11.8 Å². The zero-order chi connectivity index (χ0) is 19.8. The zero-order valence-corrected chi connectivity index (χ0v) is 17.4. The van der Waals surface area contributed by atoms with Crippen molar-refractivity contribution in [3.05, 3.63) is 107 Å². The number of allylic oxidation sites excluding steroid dienone is 12. The second kappa shape index (κ2) is 9.95. The Hall–Kier alpha value is -2.78. The van der Waals surface area contributed by atoms with Crippen molar-refractivity contribution >= 4 is 23.2 Å². The van der Waals surface area contributed by atoms with Gasteiger partial charge in [-0.05, 0) is 42.9 Å². The normalized spacial score (nSPS) is 17.4. The van der Waals surface area contributed by atoms with E-state index in [0.717, 1.165) is 5.76 Å². The predicted molar refractivity (Wildman–Crippen MR) is 122 cm³/mol. The van der Waals surface area contributed by atoms with Crippen LogP contribution in [-0.4, -0.2) is 31.0 Å². The zero-order valence-electron chi connectivity index (χ0n) is 16.6. The van der Waals surface area contributed by atoms with Crippen molar-refractivity contribution in [2.24, 2.45) is 0 Å². The van der Waals surface area contributed by atoms with Crippen molar-refractivity contribution < 1.29 is 9.31 Å². The lowest BCUT2D eigenvalue weighted by Gasteiger charge is -2.18. The summed E-state index contributed by atoms with van der Waals surface area (Å²) < 4.78 is 7.92. The first-order valence-corrected chi connectivity index (χ1v) is 10.3. The van der Waals surface area contributed by atoms with Crippen LogP contribution in [0.5, 0.6) is 0 Å². The lowest BCUT2D eigenvalue weighted by molar-refractivity contribution is -0.462. The number of hydrogen-bond acceptors (Lipinski definition) is 2. The standard InChI is InChI=1S/C25H26NOS/c1-4-27-24-19-22(28-25-14-10-9-13-23(24)25)12-8-6-5-7-11-20-15-17-21(18-16-20)26(2)3/h5-19H,4H2,1-3H3/q+1/b7-5+,8-6+,22-12-. The third-order valence-electron chi connectivity index (χ3n) is 4.25. The summed E-state index contributed by atoms with van der Waals surface area (Å²) >= 11 is 1.77. The van der Waals surface area contributed by atoms with Gasteiger partial charge < -0.3 is 4.74 Å². The molecular weight excluding hydrogens is 362 g/mol. The molecule has 0 atom stereocenters. The van der Waals surface area contributed by atoms with E-state index in [1.54, 1.807) is 11.8 Å². The van der Waals surface area contributed by atoms with Gasteiger partial charge in [0.1, 0.15) is 19.9 Å². The van der Waals surface area contributed by atoms with E-state index in [0.29, 0.717) is 6.61 Å². The topological polar surface area (TPSA) is 12.2 Å². The Labute approximate surface area is 172 Å². The second-order valence-corrected chi connectivity index (χ2v) is 7.65. The maximum absolute atomic E-state index is 5.82. The molecule has 1 aromatic rings. The maximum atomic E-state index is 5.82. The molecule has 1 aliphatic heterocycles. The maximum Gasteiger partial charge on any atom is 0.199 e. The van der Waals surface area contributed by atoms with E-state index >= 15 is 0 Å². The largest absolute Gasteiger partial charge is 0.493 e. The molecule has 0 aromatic heterocycles. The Bertz CT molecular complexity index is 946. The van der Waals surface area contributed by atoms with Crippen LogP contribution in [0.15, 0.2) is 106 Å². The van der Waals surface area contributed by atoms with Crippen LogP contribution < -0.4 is 0 Å². The molecular formula is C25H26NOS+. The van der Waals surface area contributed by atoms with E-state index in [9.17, 15) is 0 Å². The summed E-state index contributed by atoms with van der Waals surface area (Å²) in [6.45, 7) is 2.69. The van der Waals surface area contributed by atoms with Crippen LogP contribution >= 0.6 is 11.8 Å². The number of rotatable bonds is 5. The molecule has 142 valence electrons. The summed E-state index contributed by atoms with van der Waals surface area (Å²) in [4.78, 5) is 2.41. The van der Waals surface area contributed by atoms with E-state index in [1.807, 2.05) is 33.2 Å². The van der Waals surface area contributed by atoms with Gasteiger partial charge in [0, 0.05) is 27.5 Å². The first-order valence-electron chi connectivity index (χ1n) is 9.45. The quantitative estimate of drug-likeness (QED) is 0.458. The SMILES string of the molecule is CCOC1=C/C(=C/C=C/C=C/C=C2C=CC(=[N+](C)C)C=C2)Sc2ccccc21. The van der Waals surface area contributed by atoms with Gasteiger partial charge in [0.05, 0.1) is 6.61 Å². The summed E-state index contributed by atoms with van der Waals surface area (Å²) in [7, 11) is 4.10. The molecule has 1 aromatic carbocycles. The van der Waals surface area contributed by atoms with Gasteiger partial charge in [-0.25, -0.2) is 4.58 Å². The van der Waals surface area contributed by atoms with Gasteiger partial charge in [0.2, 0.25) is 0 Å². The van der Waals surface area contributed by atoms with Crippen LogP contribution in [-0.2, 0) is 4.74 Å². The molecule has 0 saturated heterocycles. The molecule has 1 heterocycles. The van der Waals surface area contributed by atoms with Gasteiger partial charge >= 0.3 is 0 Å². The molecule has 0 bridgehead atoms. The predicted octanol–water partition coefficient (Wildman–Crippen LogP) is 5.93. The van der Waals surface area contributed by atoms with Crippen molar-refractivity contribution in [3.63, 3.8) is 0 Å². The first-order chi connectivity index (χ1) is 13.7. The van der Waals surface area contributed by atoms with Crippen LogP contribution in [0.3, 0.4) is 0 Å². The van der Waals surface area contributed by atoms with Gasteiger partial charge in [-0.2, -0.15) is 0 Å². The highest BCUT2D eigenvalue weighted by Gasteiger charge is 2.15. The smallest absolute Gasteiger partial charge is 0.199 e. The third kappa shape index (κ3) is 5.37. The van der Waals surface area contributed by atoms with Crippen LogP contribution in [0.4, 0.5) is 0 Å². The highest BCUT2D eigenvalue weighted by Crippen LogP contribution is 2.40. The summed E-state index contributed by atoms with van der Waals surface area (Å²) in [5.41, 5.74) is 3.57. The number of ether oxygens (including phenoxy) is 1. The fourth-order valence-electron chi connectivity index (χ4n) is 2.81. The number of benzene rings is 1. The van der Waals surface area contributed by atoms with Gasteiger partial charge in [-0.15, -0.1) is 0 Å². The number of fused-ring (bicyclic) bond motifs is 1. The van der Waals surface area contributed by atoms with Gasteiger partial charge in [-0.3, -0.25) is 0 Å². The summed E-state index contributed by atoms with van der Waals surface area (Å²) in [6, 6.07) is 8.37. The molecule has 1 aliphatic carbocycles. The van der Waals surface area contributed by atoms with Gasteiger partial charge in [0.15, 0.2) is 5.71 Å². The summed E-state index contributed by atoms with van der Waals surface area (Å²) in [6.07, 6.45) is 23.1. The molecule has 0 saturated carbocycles. The molecule has 0 fully saturated rings. The fourth-order valence-corrected chi connectivity index (χ4v) is 3.80. The lowest BCUT2D eigenvalue weighted by Crippen LogP contribution is -2.09. The van der Waals surface area contributed by atoms with E-state index in [1.165, 1.54) is 26.6 Å². The highest BCUT2D eigenvalue weighted by atomic mass is 32.2. The Morgan fingerprint density at radius 1 is 0.929 bits per heavy atom. The monoisotopic (exact) mass is 388 g/mol. The van der Waals surface area contributed by atoms with Crippen LogP contribution in [0.1, 0.15) is 12.5 Å². The van der Waals surface area contributed by atoms with Crippen LogP contribution in [0.25, 0.3) is 5.76 Å². The van der Waals surface area contributed by atoms with Crippen molar-refractivity contribution in [1.82, 2.24) is 0 Å². The fraction of sp³-hybridized carbons (Fsp3) is 0.160. The van der Waals surface area contributed by atoms with E-state index in [4.69, 9.17) is 4.74 Å². The second-order valence-electron chi connectivity index (χ2n) is 6.53. The minimum atomic E-state index is 0.669. The summed E-state index contributed by atoms with van der Waals surface area (Å²) in [5.74, 6) is 0.946. The first kappa shape index (κ1) is 20.0. The lowest BCUT2D eigenvalue weighted by atomic mass is 10.1. The van der Waals surface area contributed by atoms with E-state index in [2.05, 4.69) is 83.5 Å². The van der Waals surface area contributed by atoms with E-state index in [-0.39, 0.29) is 0 Å². The minimum absolute atomic E-state index is 0.669. The Morgan fingerprint density at radius 2 is 1.64 bits per heavy atom. The average Bonchev–Trinajstić information content (AvgIpc) is 2.71. The molecule has 2 aliphatic rings. The molecule has 0 spiro atoms. The van der Waals surface area contributed by atoms with E-state index < -0.39 is 0 Å². The number of thioether (sulfide) groups is 1. The Morgan fingerprint density at radius 3 is 2.36 bits per heavy atom.